The van der Waals surface area contributed by atoms with Crippen molar-refractivity contribution in [3.05, 3.63) is 158 Å². The van der Waals surface area contributed by atoms with Crippen LogP contribution >= 0.6 is 46.4 Å². The number of hydrogen-bond acceptors (Lipinski definition) is 5. The molecule has 0 fully saturated rings. The maximum absolute atomic E-state index is 8.09. The molecule has 4 aliphatic rings. The molecular weight excluding hydrogens is 1060 g/mol. The molecule has 8 aromatic carbocycles. The molecule has 5 nitrogen and oxygen atoms in total. The third-order valence-corrected chi connectivity index (χ3v) is 33.7. The third kappa shape index (κ3) is 5.11. The molecule has 0 saturated carbocycles. The molecule has 0 aliphatic carbocycles. The molecule has 0 saturated heterocycles. The Hall–Kier alpha value is -4.68. The van der Waals surface area contributed by atoms with Crippen LogP contribution in [0.2, 0.25) is 20.1 Å². The van der Waals surface area contributed by atoms with Gasteiger partial charge in [0.25, 0.3) is 0 Å². The van der Waals surface area contributed by atoms with Crippen molar-refractivity contribution in [1.29, 1.82) is 0 Å². The number of anilines is 6. The second kappa shape index (κ2) is 13.0. The number of rotatable bonds is 2. The van der Waals surface area contributed by atoms with Crippen LogP contribution in [0.4, 0.5) is 34.1 Å². The molecule has 0 unspecified atom stereocenters. The summed E-state index contributed by atoms with van der Waals surface area (Å²) >= 11 is 22.0. The maximum atomic E-state index is 8.09. The Morgan fingerprint density at radius 2 is 0.873 bits per heavy atom. The molecule has 8 aromatic rings. The van der Waals surface area contributed by atoms with Gasteiger partial charge < -0.3 is 0 Å². The van der Waals surface area contributed by atoms with Crippen molar-refractivity contribution in [2.24, 2.45) is 0 Å². The van der Waals surface area contributed by atoms with E-state index in [0.717, 1.165) is 71.0 Å². The molecule has 63 heavy (non-hydrogen) atoms. The van der Waals surface area contributed by atoms with Crippen LogP contribution in [0.1, 0.15) is 58.2 Å². The van der Waals surface area contributed by atoms with E-state index in [0.29, 0.717) is 11.5 Å². The Bertz CT molecular complexity index is 3160. The van der Waals surface area contributed by atoms with E-state index >= 15 is 0 Å². The molecule has 0 bridgehead atoms. The van der Waals surface area contributed by atoms with Gasteiger partial charge in [-0.15, -0.1) is 0 Å². The SMILES string of the molecule is Cc1cc2[c]3c(c1)N(c1ccc(C(C)(C)C)cc1)c1[c]4c(cc5ccccc15)Oc1cc5ccccc5c([c]1[Bi]341[O]c3c(Cl)c(Cl)c(Cl)c(Cl)c3[O]1)N2c1ccc(C(C)(C)C)cc1. The Morgan fingerprint density at radius 3 is 1.27 bits per heavy atom. The zero-order valence-corrected chi connectivity index (χ0v) is 42.1. The van der Waals surface area contributed by atoms with E-state index in [1.807, 2.05) is 0 Å². The normalized spacial score (nSPS) is 16.5. The molecule has 0 amide bonds. The van der Waals surface area contributed by atoms with E-state index in [2.05, 4.69) is 180 Å². The number of ether oxygens (including phenoxy) is 1. The average molecular weight is 1100 g/mol. The van der Waals surface area contributed by atoms with Crippen molar-refractivity contribution in [2.45, 2.75) is 59.3 Å². The molecular formula is C53H41BiCl4N2O3. The number of aryl methyl sites for hydroxylation is 1. The summed E-state index contributed by atoms with van der Waals surface area (Å²) in [6.07, 6.45) is 0. The monoisotopic (exact) mass is 1100 g/mol. The van der Waals surface area contributed by atoms with Crippen LogP contribution in [0.15, 0.2) is 121 Å². The molecule has 12 rings (SSSR count). The zero-order valence-electron chi connectivity index (χ0n) is 35.6. The average Bonchev–Trinajstić information content (AvgIpc) is 3.60. The van der Waals surface area contributed by atoms with Gasteiger partial charge in [-0.3, -0.25) is 0 Å². The summed E-state index contributed by atoms with van der Waals surface area (Å²) in [6.45, 7) is 15.6. The summed E-state index contributed by atoms with van der Waals surface area (Å²) in [4.78, 5) is 4.79. The van der Waals surface area contributed by atoms with Gasteiger partial charge in [-0.05, 0) is 0 Å². The van der Waals surface area contributed by atoms with E-state index < -0.39 is 19.7 Å². The van der Waals surface area contributed by atoms with Gasteiger partial charge in [0, 0.05) is 0 Å². The van der Waals surface area contributed by atoms with Gasteiger partial charge in [0.05, 0.1) is 0 Å². The van der Waals surface area contributed by atoms with E-state index in [1.54, 1.807) is 0 Å². The fourth-order valence-electron chi connectivity index (χ4n) is 10.3. The van der Waals surface area contributed by atoms with Gasteiger partial charge in [-0.1, -0.05) is 0 Å². The first kappa shape index (κ1) is 39.9. The van der Waals surface area contributed by atoms with E-state index in [-0.39, 0.29) is 42.4 Å². The van der Waals surface area contributed by atoms with Gasteiger partial charge in [0.2, 0.25) is 0 Å². The molecule has 1 spiro atoms. The molecule has 0 aromatic heterocycles. The molecule has 0 atom stereocenters. The third-order valence-electron chi connectivity index (χ3n) is 13.2. The number of nitrogens with zero attached hydrogens (tertiary/aromatic N) is 2. The van der Waals surface area contributed by atoms with Crippen LogP contribution < -0.4 is 30.0 Å². The predicted molar refractivity (Wildman–Crippen MR) is 265 cm³/mol. The van der Waals surface area contributed by atoms with E-state index in [9.17, 15) is 0 Å². The van der Waals surface area contributed by atoms with Crippen LogP contribution in [-0.2, 0) is 10.8 Å². The van der Waals surface area contributed by atoms with E-state index in [4.69, 9.17) is 56.8 Å². The summed E-state index contributed by atoms with van der Waals surface area (Å²) in [7, 11) is 0. The number of hydrogen-bond donors (Lipinski definition) is 0. The summed E-state index contributed by atoms with van der Waals surface area (Å²) in [5.41, 5.74) is 9.13. The van der Waals surface area contributed by atoms with Gasteiger partial charge in [-0.25, -0.2) is 0 Å². The first-order valence-corrected chi connectivity index (χ1v) is 30.6. The molecule has 314 valence electrons. The first-order chi connectivity index (χ1) is 30.0. The summed E-state index contributed by atoms with van der Waals surface area (Å²) in [6, 6.07) is 43.6. The summed E-state index contributed by atoms with van der Waals surface area (Å²) in [5, 5.41) is 4.56. The Labute approximate surface area is 389 Å². The fourth-order valence-corrected chi connectivity index (χ4v) is 33.8. The topological polar surface area (TPSA) is 34.2 Å². The number of halogens is 4. The Balaban J connectivity index is 1.33. The standard InChI is InChI=1S/C47H41N2O.C6H2Cl4O2.Bi/c1-31-24-38-28-39(25-31)49(37-22-18-35(19-23-37)47(5,6)7)45-30-41(27-33-13-9-11-15-43(33)45)50-40-26-32-12-8-10-14-42(32)44(29-40)48(38)36-20-16-34(17-21-36)46(2,3)4;7-1-2(8)4(10)6(12)5(11)3(1)9;/h8-27H,1-7H3;11-12H;/q;;+2/p-2. The van der Waals surface area contributed by atoms with Crippen LogP contribution in [0, 0.1) is 6.92 Å². The van der Waals surface area contributed by atoms with Gasteiger partial charge >= 0.3 is 392 Å². The first-order valence-electron chi connectivity index (χ1n) is 21.1. The fraction of sp³-hybridized carbons (Fsp3) is 0.170. The second-order valence-corrected chi connectivity index (χ2v) is 34.8. The van der Waals surface area contributed by atoms with Gasteiger partial charge in [-0.2, -0.15) is 0 Å². The van der Waals surface area contributed by atoms with Gasteiger partial charge in [0.15, 0.2) is 0 Å². The minimum absolute atomic E-state index is 0.0511. The van der Waals surface area contributed by atoms with E-state index in [1.165, 1.54) is 11.1 Å². The van der Waals surface area contributed by atoms with Crippen molar-refractivity contribution in [2.75, 3.05) is 9.80 Å². The predicted octanol–water partition coefficient (Wildman–Crippen LogP) is 15.1. The van der Waals surface area contributed by atoms with Crippen molar-refractivity contribution in [3.8, 4) is 23.0 Å². The molecule has 10 heteroatoms. The minimum atomic E-state index is -6.50. The van der Waals surface area contributed by atoms with Crippen LogP contribution in [-0.4, -0.2) is 19.7 Å². The molecule has 0 radical (unpaired) electrons. The van der Waals surface area contributed by atoms with Crippen molar-refractivity contribution >= 4 is 132 Å². The van der Waals surface area contributed by atoms with Crippen molar-refractivity contribution in [1.82, 2.24) is 0 Å². The second-order valence-electron chi connectivity index (χ2n) is 19.2. The molecule has 0 N–H and O–H groups in total. The summed E-state index contributed by atoms with van der Waals surface area (Å²) < 4.78 is 26.2. The van der Waals surface area contributed by atoms with Crippen molar-refractivity contribution < 1.29 is 10.4 Å². The van der Waals surface area contributed by atoms with Crippen LogP contribution in [0.25, 0.3) is 21.5 Å². The van der Waals surface area contributed by atoms with Crippen LogP contribution in [0.5, 0.6) is 23.0 Å². The summed E-state index contributed by atoms with van der Waals surface area (Å²) in [5.74, 6) is 1.87. The quantitative estimate of drug-likeness (QED) is 0.0979. The number of benzene rings is 8. The Kier molecular flexibility index (Phi) is 8.22. The van der Waals surface area contributed by atoms with Gasteiger partial charge in [0.1, 0.15) is 0 Å². The number of fused-ring (bicyclic) bond motifs is 5. The Morgan fingerprint density at radius 1 is 0.476 bits per heavy atom. The van der Waals surface area contributed by atoms with Crippen LogP contribution in [0.3, 0.4) is 0 Å². The van der Waals surface area contributed by atoms with Crippen molar-refractivity contribution in [3.63, 3.8) is 0 Å². The molecule has 4 heterocycles. The zero-order chi connectivity index (χ0) is 43.7. The molecule has 4 aliphatic heterocycles.